The van der Waals surface area contributed by atoms with Crippen LogP contribution in [0, 0.1) is 16.7 Å². The van der Waals surface area contributed by atoms with E-state index in [0.717, 1.165) is 19.3 Å². The Morgan fingerprint density at radius 2 is 2.05 bits per heavy atom. The number of nitrogens with zero attached hydrogens (tertiary/aromatic N) is 3. The summed E-state index contributed by atoms with van der Waals surface area (Å²) in [6.07, 6.45) is 7.76. The van der Waals surface area contributed by atoms with Crippen molar-refractivity contribution < 1.29 is 4.79 Å². The van der Waals surface area contributed by atoms with E-state index in [9.17, 15) is 10.1 Å². The lowest BCUT2D eigenvalue weighted by atomic mass is 9.74. The standard InChI is InChI=1S/C15H22N4O/c1-14(2,3)19-10-12(9-17-19)18-13(20)15(11-16)7-5-4-6-8-15/h9-10H,4-8H2,1-3H3,(H,18,20). The van der Waals surface area contributed by atoms with Crippen LogP contribution in [0.5, 0.6) is 0 Å². The molecule has 2 rings (SSSR count). The van der Waals surface area contributed by atoms with Gasteiger partial charge in [-0.05, 0) is 33.6 Å². The Labute approximate surface area is 120 Å². The molecule has 1 aromatic rings. The number of hydrogen-bond acceptors (Lipinski definition) is 3. The van der Waals surface area contributed by atoms with E-state index in [2.05, 4.69) is 16.5 Å². The van der Waals surface area contributed by atoms with Crippen molar-refractivity contribution >= 4 is 11.6 Å². The number of hydrogen-bond donors (Lipinski definition) is 1. The Morgan fingerprint density at radius 3 is 2.55 bits per heavy atom. The summed E-state index contributed by atoms with van der Waals surface area (Å²) in [6.45, 7) is 6.14. The van der Waals surface area contributed by atoms with E-state index in [4.69, 9.17) is 0 Å². The van der Waals surface area contributed by atoms with Crippen LogP contribution in [0.2, 0.25) is 0 Å². The predicted octanol–water partition coefficient (Wildman–Crippen LogP) is 3.05. The van der Waals surface area contributed by atoms with Gasteiger partial charge >= 0.3 is 0 Å². The van der Waals surface area contributed by atoms with Crippen LogP contribution >= 0.6 is 0 Å². The van der Waals surface area contributed by atoms with Crippen LogP contribution in [-0.4, -0.2) is 15.7 Å². The number of amides is 1. The highest BCUT2D eigenvalue weighted by atomic mass is 16.2. The predicted molar refractivity (Wildman–Crippen MR) is 77.0 cm³/mol. The molecule has 1 fully saturated rings. The first-order valence-corrected chi connectivity index (χ1v) is 7.15. The van der Waals surface area contributed by atoms with Gasteiger partial charge in [0.2, 0.25) is 5.91 Å². The van der Waals surface area contributed by atoms with Gasteiger partial charge < -0.3 is 5.32 Å². The van der Waals surface area contributed by atoms with Crippen molar-refractivity contribution in [2.75, 3.05) is 5.32 Å². The van der Waals surface area contributed by atoms with Gasteiger partial charge in [-0.3, -0.25) is 9.48 Å². The lowest BCUT2D eigenvalue weighted by Crippen LogP contribution is -2.36. The Balaban J connectivity index is 2.11. The van der Waals surface area contributed by atoms with E-state index < -0.39 is 5.41 Å². The normalized spacial score (nSPS) is 18.3. The number of carbonyl (C=O) groups is 1. The van der Waals surface area contributed by atoms with Crippen molar-refractivity contribution in [3.05, 3.63) is 12.4 Å². The van der Waals surface area contributed by atoms with Gasteiger partial charge in [-0.1, -0.05) is 19.3 Å². The van der Waals surface area contributed by atoms with Gasteiger partial charge in [0.05, 0.1) is 23.5 Å². The van der Waals surface area contributed by atoms with E-state index in [1.165, 1.54) is 0 Å². The minimum atomic E-state index is -0.859. The Bertz CT molecular complexity index is 527. The summed E-state index contributed by atoms with van der Waals surface area (Å²) in [4.78, 5) is 12.4. The fraction of sp³-hybridized carbons (Fsp3) is 0.667. The molecule has 0 atom stereocenters. The number of aromatic nitrogens is 2. The summed E-state index contributed by atoms with van der Waals surface area (Å²) in [5, 5.41) is 16.5. The molecule has 0 bridgehead atoms. The molecule has 1 N–H and O–H groups in total. The molecule has 1 aliphatic rings. The van der Waals surface area contributed by atoms with Crippen molar-refractivity contribution in [2.24, 2.45) is 5.41 Å². The average Bonchev–Trinajstić information content (AvgIpc) is 2.88. The van der Waals surface area contributed by atoms with Gasteiger partial charge in [0.1, 0.15) is 5.41 Å². The summed E-state index contributed by atoms with van der Waals surface area (Å²) in [7, 11) is 0. The molecule has 0 saturated heterocycles. The lowest BCUT2D eigenvalue weighted by Gasteiger charge is -2.28. The third kappa shape index (κ3) is 2.84. The first-order valence-electron chi connectivity index (χ1n) is 7.15. The fourth-order valence-corrected chi connectivity index (χ4v) is 2.55. The summed E-state index contributed by atoms with van der Waals surface area (Å²) in [6, 6.07) is 2.24. The zero-order valence-corrected chi connectivity index (χ0v) is 12.4. The number of carbonyl (C=O) groups excluding carboxylic acids is 1. The number of nitriles is 1. The van der Waals surface area contributed by atoms with E-state index in [1.54, 1.807) is 6.20 Å². The molecule has 1 aliphatic carbocycles. The van der Waals surface area contributed by atoms with E-state index in [-0.39, 0.29) is 11.4 Å². The molecule has 1 amide bonds. The lowest BCUT2D eigenvalue weighted by molar-refractivity contribution is -0.124. The van der Waals surface area contributed by atoms with Crippen LogP contribution in [-0.2, 0) is 10.3 Å². The van der Waals surface area contributed by atoms with Crippen molar-refractivity contribution in [2.45, 2.75) is 58.4 Å². The van der Waals surface area contributed by atoms with Crippen LogP contribution in [0.15, 0.2) is 12.4 Å². The Hall–Kier alpha value is -1.83. The van der Waals surface area contributed by atoms with Gasteiger partial charge in [0.25, 0.3) is 0 Å². The van der Waals surface area contributed by atoms with Crippen molar-refractivity contribution in [3.8, 4) is 6.07 Å². The Kier molecular flexibility index (Phi) is 3.85. The molecule has 1 saturated carbocycles. The van der Waals surface area contributed by atoms with Gasteiger partial charge in [0, 0.05) is 6.20 Å². The topological polar surface area (TPSA) is 70.7 Å². The van der Waals surface area contributed by atoms with Crippen LogP contribution < -0.4 is 5.32 Å². The molecule has 5 heteroatoms. The first-order chi connectivity index (χ1) is 9.37. The second kappa shape index (κ2) is 5.28. The largest absolute Gasteiger partial charge is 0.322 e. The number of nitrogens with one attached hydrogen (secondary N) is 1. The molecule has 20 heavy (non-hydrogen) atoms. The fourth-order valence-electron chi connectivity index (χ4n) is 2.55. The number of anilines is 1. The first kappa shape index (κ1) is 14.6. The van der Waals surface area contributed by atoms with Crippen LogP contribution in [0.25, 0.3) is 0 Å². The van der Waals surface area contributed by atoms with Crippen LogP contribution in [0.1, 0.15) is 52.9 Å². The van der Waals surface area contributed by atoms with Gasteiger partial charge in [-0.2, -0.15) is 10.4 Å². The SMILES string of the molecule is CC(C)(C)n1cc(NC(=O)C2(C#N)CCCCC2)cn1. The molecule has 1 heterocycles. The highest BCUT2D eigenvalue weighted by Crippen LogP contribution is 2.36. The van der Waals surface area contributed by atoms with Crippen molar-refractivity contribution in [3.63, 3.8) is 0 Å². The van der Waals surface area contributed by atoms with Crippen molar-refractivity contribution in [1.29, 1.82) is 5.26 Å². The zero-order valence-electron chi connectivity index (χ0n) is 12.4. The minimum Gasteiger partial charge on any atom is -0.322 e. The summed E-state index contributed by atoms with van der Waals surface area (Å²) in [5.74, 6) is -0.187. The van der Waals surface area contributed by atoms with Gasteiger partial charge in [-0.25, -0.2) is 0 Å². The molecular weight excluding hydrogens is 252 g/mol. The van der Waals surface area contributed by atoms with Crippen LogP contribution in [0.4, 0.5) is 5.69 Å². The van der Waals surface area contributed by atoms with E-state index in [1.807, 2.05) is 31.6 Å². The highest BCUT2D eigenvalue weighted by molar-refractivity contribution is 5.97. The van der Waals surface area contributed by atoms with Crippen molar-refractivity contribution in [1.82, 2.24) is 9.78 Å². The maximum atomic E-state index is 12.4. The minimum absolute atomic E-state index is 0.124. The molecule has 0 spiro atoms. The zero-order chi connectivity index (χ0) is 14.8. The summed E-state index contributed by atoms with van der Waals surface area (Å²) < 4.78 is 1.81. The number of rotatable bonds is 2. The molecule has 1 aromatic heterocycles. The maximum Gasteiger partial charge on any atom is 0.244 e. The van der Waals surface area contributed by atoms with Gasteiger partial charge in [0.15, 0.2) is 0 Å². The second-order valence-electron chi connectivity index (χ2n) is 6.55. The van der Waals surface area contributed by atoms with Crippen LogP contribution in [0.3, 0.4) is 0 Å². The maximum absolute atomic E-state index is 12.4. The van der Waals surface area contributed by atoms with E-state index in [0.29, 0.717) is 18.5 Å². The van der Waals surface area contributed by atoms with E-state index >= 15 is 0 Å². The molecule has 0 unspecified atom stereocenters. The quantitative estimate of drug-likeness (QED) is 0.901. The smallest absolute Gasteiger partial charge is 0.244 e. The summed E-state index contributed by atoms with van der Waals surface area (Å²) >= 11 is 0. The van der Waals surface area contributed by atoms with Gasteiger partial charge in [-0.15, -0.1) is 0 Å². The third-order valence-corrected chi connectivity index (χ3v) is 3.88. The average molecular weight is 274 g/mol. The molecule has 0 aromatic carbocycles. The summed E-state index contributed by atoms with van der Waals surface area (Å²) in [5.41, 5.74) is -0.326. The monoisotopic (exact) mass is 274 g/mol. The second-order valence-corrected chi connectivity index (χ2v) is 6.55. The molecule has 0 radical (unpaired) electrons. The third-order valence-electron chi connectivity index (χ3n) is 3.88. The molecule has 5 nitrogen and oxygen atoms in total. The Morgan fingerprint density at radius 1 is 1.40 bits per heavy atom. The molecular formula is C15H22N4O. The molecule has 0 aliphatic heterocycles. The highest BCUT2D eigenvalue weighted by Gasteiger charge is 2.40. The molecule has 108 valence electrons.